The highest BCUT2D eigenvalue weighted by atomic mass is 32.2. The maximum Gasteiger partial charge on any atom is 0.237 e. The molecule has 1 atom stereocenters. The van der Waals surface area contributed by atoms with Gasteiger partial charge in [0.2, 0.25) is 5.91 Å². The van der Waals surface area contributed by atoms with E-state index in [2.05, 4.69) is 15.5 Å². The Hall–Kier alpha value is -3.19. The molecule has 0 fully saturated rings. The minimum absolute atomic E-state index is 0.0377. The van der Waals surface area contributed by atoms with Crippen molar-refractivity contribution >= 4 is 45.7 Å². The molecule has 29 heavy (non-hydrogen) atoms. The van der Waals surface area contributed by atoms with Gasteiger partial charge in [0, 0.05) is 11.3 Å². The number of thioether (sulfide) groups is 1. The fraction of sp³-hybridized carbons (Fsp3) is 0.182. The highest BCUT2D eigenvalue weighted by Crippen LogP contribution is 2.28. The highest BCUT2D eigenvalue weighted by molar-refractivity contribution is 8.00. The highest BCUT2D eigenvalue weighted by Gasteiger charge is 2.22. The maximum atomic E-state index is 12.9. The van der Waals surface area contributed by atoms with Crippen molar-refractivity contribution in [1.82, 2.24) is 14.6 Å². The number of nitrogens with one attached hydrogen (secondary N) is 1. The summed E-state index contributed by atoms with van der Waals surface area (Å²) in [5, 5.41) is 12.9. The third kappa shape index (κ3) is 3.86. The Balaban J connectivity index is 1.61. The Bertz CT molecular complexity index is 1220. The molecule has 2 aromatic heterocycles. The van der Waals surface area contributed by atoms with Gasteiger partial charge < -0.3 is 5.32 Å². The summed E-state index contributed by atoms with van der Waals surface area (Å²) in [6, 6.07) is 18.9. The quantitative estimate of drug-likeness (QED) is 0.376. The molecule has 6 nitrogen and oxygen atoms in total. The number of carbonyl (C=O) groups is 2. The molecule has 0 aliphatic rings. The number of rotatable bonds is 6. The van der Waals surface area contributed by atoms with Gasteiger partial charge in [-0.1, -0.05) is 49.0 Å². The average molecular weight is 404 g/mol. The van der Waals surface area contributed by atoms with Crippen molar-refractivity contribution < 1.29 is 9.59 Å². The lowest BCUT2D eigenvalue weighted by Crippen LogP contribution is -2.25. The van der Waals surface area contributed by atoms with E-state index in [0.29, 0.717) is 22.8 Å². The largest absolute Gasteiger partial charge is 0.325 e. The van der Waals surface area contributed by atoms with Gasteiger partial charge in [0.15, 0.2) is 16.6 Å². The Morgan fingerprint density at radius 1 is 1.07 bits per heavy atom. The van der Waals surface area contributed by atoms with E-state index in [1.54, 1.807) is 24.3 Å². The summed E-state index contributed by atoms with van der Waals surface area (Å²) in [5.74, 6) is -0.167. The zero-order valence-electron chi connectivity index (χ0n) is 16.1. The number of anilines is 1. The molecule has 0 saturated carbocycles. The summed E-state index contributed by atoms with van der Waals surface area (Å²) >= 11 is 1.39. The molecule has 0 radical (unpaired) electrons. The predicted octanol–water partition coefficient (Wildman–Crippen LogP) is 4.59. The van der Waals surface area contributed by atoms with Crippen LogP contribution in [0, 0.1) is 0 Å². The first kappa shape index (κ1) is 19.1. The van der Waals surface area contributed by atoms with E-state index >= 15 is 0 Å². The summed E-state index contributed by atoms with van der Waals surface area (Å²) in [4.78, 5) is 24.5. The number of hydrogen-bond acceptors (Lipinski definition) is 5. The molecule has 0 aliphatic heterocycles. The smallest absolute Gasteiger partial charge is 0.237 e. The third-order valence-corrected chi connectivity index (χ3v) is 6.00. The number of Topliss-reactive ketones (excluding diaryl/α,β-unsaturated/α-hetero) is 1. The van der Waals surface area contributed by atoms with Gasteiger partial charge in [-0.3, -0.25) is 14.0 Å². The Kier molecular flexibility index (Phi) is 5.31. The lowest BCUT2D eigenvalue weighted by atomic mass is 10.1. The maximum absolute atomic E-state index is 12.9. The van der Waals surface area contributed by atoms with Crippen LogP contribution in [0.3, 0.4) is 0 Å². The Morgan fingerprint density at radius 2 is 1.90 bits per heavy atom. The van der Waals surface area contributed by atoms with Gasteiger partial charge >= 0.3 is 0 Å². The number of pyridine rings is 1. The first-order valence-electron chi connectivity index (χ1n) is 9.38. The van der Waals surface area contributed by atoms with Crippen molar-refractivity contribution in [2.75, 3.05) is 5.32 Å². The van der Waals surface area contributed by atoms with E-state index in [1.807, 2.05) is 47.7 Å². The molecule has 4 aromatic rings. The van der Waals surface area contributed by atoms with Crippen LogP contribution in [0.15, 0.2) is 65.8 Å². The monoisotopic (exact) mass is 404 g/mol. The first-order valence-corrected chi connectivity index (χ1v) is 10.3. The van der Waals surface area contributed by atoms with Gasteiger partial charge in [-0.05, 0) is 49.1 Å². The predicted molar refractivity (Wildman–Crippen MR) is 116 cm³/mol. The van der Waals surface area contributed by atoms with Crippen LogP contribution >= 0.6 is 11.8 Å². The number of para-hydroxylation sites is 1. The number of benzene rings is 2. The van der Waals surface area contributed by atoms with E-state index < -0.39 is 0 Å². The molecule has 4 rings (SSSR count). The minimum Gasteiger partial charge on any atom is -0.325 e. The number of hydrogen-bond donors (Lipinski definition) is 1. The van der Waals surface area contributed by atoms with Crippen molar-refractivity contribution in [2.24, 2.45) is 0 Å². The van der Waals surface area contributed by atoms with Crippen molar-refractivity contribution in [3.8, 4) is 0 Å². The molecule has 0 bridgehead atoms. The van der Waals surface area contributed by atoms with Crippen LogP contribution in [0.25, 0.3) is 16.6 Å². The van der Waals surface area contributed by atoms with E-state index in [0.717, 1.165) is 16.6 Å². The lowest BCUT2D eigenvalue weighted by molar-refractivity contribution is -0.115. The van der Waals surface area contributed by atoms with Crippen LogP contribution in [0.1, 0.15) is 30.6 Å². The van der Waals surface area contributed by atoms with E-state index in [-0.39, 0.29) is 16.9 Å². The first-order chi connectivity index (χ1) is 14.1. The second kappa shape index (κ2) is 8.05. The zero-order chi connectivity index (χ0) is 20.4. The molecule has 146 valence electrons. The number of carbonyl (C=O) groups excluding carboxylic acids is 2. The average Bonchev–Trinajstić information content (AvgIpc) is 3.15. The van der Waals surface area contributed by atoms with Gasteiger partial charge in [-0.15, -0.1) is 10.2 Å². The fourth-order valence-electron chi connectivity index (χ4n) is 3.18. The summed E-state index contributed by atoms with van der Waals surface area (Å²) in [5.41, 5.74) is 2.93. The molecule has 1 amide bonds. The standard InChI is InChI=1S/C22H20N4O2S/c1-3-19(21(28)23-17-9-6-8-16(13-17)14(2)27)29-22-25-24-20-12-11-15-7-4-5-10-18(15)26(20)22/h4-13,19H,3H2,1-2H3,(H,23,28). The molecular formula is C22H20N4O2S. The molecule has 0 spiro atoms. The molecule has 1 N–H and O–H groups in total. The number of fused-ring (bicyclic) bond motifs is 3. The fourth-order valence-corrected chi connectivity index (χ4v) is 4.15. The summed E-state index contributed by atoms with van der Waals surface area (Å²) in [6.45, 7) is 3.47. The van der Waals surface area contributed by atoms with E-state index in [4.69, 9.17) is 0 Å². The van der Waals surface area contributed by atoms with Gasteiger partial charge in [-0.25, -0.2) is 0 Å². The Labute approximate surface area is 172 Å². The van der Waals surface area contributed by atoms with Crippen LogP contribution in [0.4, 0.5) is 5.69 Å². The van der Waals surface area contributed by atoms with Crippen LogP contribution in [0.5, 0.6) is 0 Å². The number of nitrogens with zero attached hydrogens (tertiary/aromatic N) is 3. The topological polar surface area (TPSA) is 76.4 Å². The van der Waals surface area contributed by atoms with E-state index in [9.17, 15) is 9.59 Å². The van der Waals surface area contributed by atoms with Crippen molar-refractivity contribution in [1.29, 1.82) is 0 Å². The number of aromatic nitrogens is 3. The van der Waals surface area contributed by atoms with Gasteiger partial charge in [0.05, 0.1) is 10.8 Å². The molecular weight excluding hydrogens is 384 g/mol. The minimum atomic E-state index is -0.345. The SMILES string of the molecule is CCC(Sc1nnc2ccc3ccccc3n12)C(=O)Nc1cccc(C(C)=O)c1. The second-order valence-electron chi connectivity index (χ2n) is 6.71. The van der Waals surface area contributed by atoms with Gasteiger partial charge in [0.1, 0.15) is 0 Å². The third-order valence-electron chi connectivity index (χ3n) is 4.70. The van der Waals surface area contributed by atoms with Crippen LogP contribution in [-0.2, 0) is 4.79 Å². The van der Waals surface area contributed by atoms with Crippen LogP contribution < -0.4 is 5.32 Å². The van der Waals surface area contributed by atoms with Crippen molar-refractivity contribution in [3.63, 3.8) is 0 Å². The van der Waals surface area contributed by atoms with Crippen molar-refractivity contribution in [2.45, 2.75) is 30.7 Å². The molecule has 2 heterocycles. The summed E-state index contributed by atoms with van der Waals surface area (Å²) in [7, 11) is 0. The molecule has 0 aliphatic carbocycles. The Morgan fingerprint density at radius 3 is 2.69 bits per heavy atom. The number of amides is 1. The van der Waals surface area contributed by atoms with Crippen molar-refractivity contribution in [3.05, 3.63) is 66.2 Å². The normalized spacial score (nSPS) is 12.2. The summed E-state index contributed by atoms with van der Waals surface area (Å²) in [6.07, 6.45) is 0.628. The molecule has 1 unspecified atom stereocenters. The molecule has 0 saturated heterocycles. The second-order valence-corrected chi connectivity index (χ2v) is 7.88. The van der Waals surface area contributed by atoms with Crippen LogP contribution in [-0.4, -0.2) is 31.5 Å². The lowest BCUT2D eigenvalue weighted by Gasteiger charge is -2.14. The zero-order valence-corrected chi connectivity index (χ0v) is 16.9. The van der Waals surface area contributed by atoms with Gasteiger partial charge in [0.25, 0.3) is 0 Å². The molecule has 2 aromatic carbocycles. The van der Waals surface area contributed by atoms with Gasteiger partial charge in [-0.2, -0.15) is 0 Å². The summed E-state index contributed by atoms with van der Waals surface area (Å²) < 4.78 is 1.98. The number of ketones is 1. The van der Waals surface area contributed by atoms with Crippen LogP contribution in [0.2, 0.25) is 0 Å². The molecule has 7 heteroatoms. The van der Waals surface area contributed by atoms with E-state index in [1.165, 1.54) is 18.7 Å².